The van der Waals surface area contributed by atoms with Crippen LogP contribution in [0.3, 0.4) is 0 Å². The van der Waals surface area contributed by atoms with E-state index in [2.05, 4.69) is 10.6 Å². The lowest BCUT2D eigenvalue weighted by Crippen LogP contribution is -2.42. The Morgan fingerprint density at radius 2 is 1.81 bits per heavy atom. The van der Waals surface area contributed by atoms with Crippen molar-refractivity contribution in [3.63, 3.8) is 0 Å². The number of methoxy groups -OCH3 is 2. The van der Waals surface area contributed by atoms with E-state index in [-0.39, 0.29) is 17.7 Å². The van der Waals surface area contributed by atoms with Crippen molar-refractivity contribution in [3.05, 3.63) is 0 Å². The van der Waals surface area contributed by atoms with Crippen molar-refractivity contribution in [3.8, 4) is 0 Å². The molecule has 5 heteroatoms. The average molecular weight is 232 g/mol. The fourth-order valence-corrected chi connectivity index (χ4v) is 1.17. The van der Waals surface area contributed by atoms with Crippen molar-refractivity contribution in [1.29, 1.82) is 0 Å². The minimum Gasteiger partial charge on any atom is -0.355 e. The summed E-state index contributed by atoms with van der Waals surface area (Å²) in [4.78, 5) is 11.4. The molecule has 0 saturated heterocycles. The van der Waals surface area contributed by atoms with Gasteiger partial charge in [-0.1, -0.05) is 0 Å². The van der Waals surface area contributed by atoms with E-state index in [4.69, 9.17) is 9.47 Å². The molecule has 5 nitrogen and oxygen atoms in total. The zero-order valence-electron chi connectivity index (χ0n) is 10.9. The van der Waals surface area contributed by atoms with Crippen LogP contribution < -0.4 is 10.6 Å². The van der Waals surface area contributed by atoms with E-state index in [0.717, 1.165) is 0 Å². The molecule has 2 N–H and O–H groups in total. The van der Waals surface area contributed by atoms with Gasteiger partial charge in [-0.3, -0.25) is 4.79 Å². The number of ether oxygens (including phenoxy) is 2. The molecule has 1 amide bonds. The fourth-order valence-electron chi connectivity index (χ4n) is 1.17. The largest absolute Gasteiger partial charge is 0.355 e. The summed E-state index contributed by atoms with van der Waals surface area (Å²) < 4.78 is 10.0. The zero-order chi connectivity index (χ0) is 12.6. The number of carbonyl (C=O) groups excluding carboxylic acids is 1. The minimum atomic E-state index is -0.259. The number of hydrogen-bond acceptors (Lipinski definition) is 4. The van der Waals surface area contributed by atoms with Crippen LogP contribution in [0.15, 0.2) is 0 Å². The van der Waals surface area contributed by atoms with E-state index in [1.807, 2.05) is 20.8 Å². The Kier molecular flexibility index (Phi) is 7.29. The Morgan fingerprint density at radius 3 is 2.25 bits per heavy atom. The summed E-state index contributed by atoms with van der Waals surface area (Å²) in [5.41, 5.74) is -0.168. The van der Waals surface area contributed by atoms with Crippen LogP contribution in [0.25, 0.3) is 0 Å². The number of carbonyl (C=O) groups is 1. The summed E-state index contributed by atoms with van der Waals surface area (Å²) in [5.74, 6) is 0.0476. The topological polar surface area (TPSA) is 59.6 Å². The summed E-state index contributed by atoms with van der Waals surface area (Å²) >= 11 is 0. The number of hydrogen-bond donors (Lipinski definition) is 2. The lowest BCUT2D eigenvalue weighted by molar-refractivity contribution is -0.122. The molecular formula is C11H24N2O3. The smallest absolute Gasteiger partial charge is 0.221 e. The molecule has 0 atom stereocenters. The Morgan fingerprint density at radius 1 is 1.25 bits per heavy atom. The van der Waals surface area contributed by atoms with Gasteiger partial charge in [0.1, 0.15) is 0 Å². The molecule has 0 fully saturated rings. The highest BCUT2D eigenvalue weighted by Crippen LogP contribution is 1.98. The van der Waals surface area contributed by atoms with Crippen molar-refractivity contribution < 1.29 is 14.3 Å². The molecule has 0 aliphatic rings. The third-order valence-electron chi connectivity index (χ3n) is 1.88. The second-order valence-electron chi connectivity index (χ2n) is 4.65. The molecule has 0 rings (SSSR count). The lowest BCUT2D eigenvalue weighted by atomic mass is 10.1. The van der Waals surface area contributed by atoms with Gasteiger partial charge in [0.2, 0.25) is 5.91 Å². The van der Waals surface area contributed by atoms with Gasteiger partial charge >= 0.3 is 0 Å². The Hall–Kier alpha value is -0.650. The van der Waals surface area contributed by atoms with Crippen LogP contribution in [0, 0.1) is 0 Å². The van der Waals surface area contributed by atoms with E-state index in [0.29, 0.717) is 19.5 Å². The molecule has 0 saturated carbocycles. The standard InChI is InChI=1S/C11H24N2O3/c1-11(2,3)13-9(14)6-7-12-8-10(15-4)16-5/h10,12H,6-8H2,1-5H3,(H,13,14). The first-order chi connectivity index (χ1) is 7.39. The molecule has 0 heterocycles. The maximum absolute atomic E-state index is 11.4. The molecule has 0 spiro atoms. The predicted octanol–water partition coefficient (Wildman–Crippen LogP) is 0.500. The highest BCUT2D eigenvalue weighted by Gasteiger charge is 2.13. The second kappa shape index (κ2) is 7.60. The average Bonchev–Trinajstić information content (AvgIpc) is 2.15. The number of amides is 1. The lowest BCUT2D eigenvalue weighted by Gasteiger charge is -2.20. The first-order valence-electron chi connectivity index (χ1n) is 5.46. The van der Waals surface area contributed by atoms with Gasteiger partial charge in [0, 0.05) is 39.3 Å². The Balaban J connectivity index is 3.55. The van der Waals surface area contributed by atoms with E-state index in [1.165, 1.54) is 0 Å². The van der Waals surface area contributed by atoms with Gasteiger partial charge in [-0.05, 0) is 20.8 Å². The van der Waals surface area contributed by atoms with Gasteiger partial charge in [-0.25, -0.2) is 0 Å². The molecule has 0 aromatic carbocycles. The highest BCUT2D eigenvalue weighted by atomic mass is 16.7. The van der Waals surface area contributed by atoms with Crippen LogP contribution >= 0.6 is 0 Å². The maximum atomic E-state index is 11.4. The zero-order valence-corrected chi connectivity index (χ0v) is 10.9. The van der Waals surface area contributed by atoms with Crippen molar-refractivity contribution >= 4 is 5.91 Å². The first-order valence-corrected chi connectivity index (χ1v) is 5.46. The van der Waals surface area contributed by atoms with Gasteiger partial charge < -0.3 is 20.1 Å². The molecular weight excluding hydrogens is 208 g/mol. The van der Waals surface area contributed by atoms with Gasteiger partial charge in [-0.15, -0.1) is 0 Å². The Bertz CT molecular complexity index is 198. The van der Waals surface area contributed by atoms with E-state index in [9.17, 15) is 4.79 Å². The SMILES string of the molecule is COC(CNCCC(=O)NC(C)(C)C)OC. The molecule has 0 aliphatic heterocycles. The van der Waals surface area contributed by atoms with Crippen LogP contribution in [0.1, 0.15) is 27.2 Å². The second-order valence-corrected chi connectivity index (χ2v) is 4.65. The van der Waals surface area contributed by atoms with Crippen LogP contribution in [-0.4, -0.2) is 45.0 Å². The van der Waals surface area contributed by atoms with Crippen LogP contribution in [0.5, 0.6) is 0 Å². The molecule has 0 bridgehead atoms. The number of nitrogens with one attached hydrogen (secondary N) is 2. The third-order valence-corrected chi connectivity index (χ3v) is 1.88. The van der Waals surface area contributed by atoms with E-state index >= 15 is 0 Å². The summed E-state index contributed by atoms with van der Waals surface area (Å²) in [6.45, 7) is 7.08. The van der Waals surface area contributed by atoms with Crippen LogP contribution in [0.4, 0.5) is 0 Å². The van der Waals surface area contributed by atoms with Crippen molar-refractivity contribution in [1.82, 2.24) is 10.6 Å². The van der Waals surface area contributed by atoms with Crippen LogP contribution in [-0.2, 0) is 14.3 Å². The fraction of sp³-hybridized carbons (Fsp3) is 0.909. The maximum Gasteiger partial charge on any atom is 0.221 e. The van der Waals surface area contributed by atoms with E-state index in [1.54, 1.807) is 14.2 Å². The molecule has 0 aromatic heterocycles. The number of rotatable bonds is 7. The predicted molar refractivity (Wildman–Crippen MR) is 63.2 cm³/mol. The normalized spacial score (nSPS) is 11.9. The molecule has 96 valence electrons. The molecule has 0 aliphatic carbocycles. The minimum absolute atomic E-state index is 0.0476. The quantitative estimate of drug-likeness (QED) is 0.496. The molecule has 16 heavy (non-hydrogen) atoms. The van der Waals surface area contributed by atoms with Crippen LogP contribution in [0.2, 0.25) is 0 Å². The van der Waals surface area contributed by atoms with Crippen molar-refractivity contribution in [2.45, 2.75) is 39.0 Å². The molecule has 0 aromatic rings. The van der Waals surface area contributed by atoms with Crippen molar-refractivity contribution in [2.75, 3.05) is 27.3 Å². The van der Waals surface area contributed by atoms with Gasteiger partial charge in [0.25, 0.3) is 0 Å². The molecule has 0 unspecified atom stereocenters. The first kappa shape index (κ1) is 15.3. The monoisotopic (exact) mass is 232 g/mol. The van der Waals surface area contributed by atoms with Gasteiger partial charge in [0.05, 0.1) is 0 Å². The Labute approximate surface area is 97.9 Å². The highest BCUT2D eigenvalue weighted by molar-refractivity contribution is 5.76. The summed E-state index contributed by atoms with van der Waals surface area (Å²) in [7, 11) is 3.17. The van der Waals surface area contributed by atoms with Crippen molar-refractivity contribution in [2.24, 2.45) is 0 Å². The van der Waals surface area contributed by atoms with Gasteiger partial charge in [-0.2, -0.15) is 0 Å². The summed E-state index contributed by atoms with van der Waals surface area (Å²) in [5, 5.41) is 5.99. The summed E-state index contributed by atoms with van der Waals surface area (Å²) in [6, 6.07) is 0. The summed E-state index contributed by atoms with van der Waals surface area (Å²) in [6.07, 6.45) is 0.197. The van der Waals surface area contributed by atoms with Gasteiger partial charge in [0.15, 0.2) is 6.29 Å². The van der Waals surface area contributed by atoms with E-state index < -0.39 is 0 Å². The molecule has 0 radical (unpaired) electrons. The third kappa shape index (κ3) is 8.64.